The molecule has 7 nitrogen and oxygen atoms in total. The zero-order valence-corrected chi connectivity index (χ0v) is 17.7. The second-order valence-corrected chi connectivity index (χ2v) is 7.32. The highest BCUT2D eigenvalue weighted by Gasteiger charge is 2.15. The third-order valence-electron chi connectivity index (χ3n) is 4.18. The van der Waals surface area contributed by atoms with Gasteiger partial charge >= 0.3 is 0 Å². The van der Waals surface area contributed by atoms with Crippen LogP contribution in [0.4, 0.5) is 10.1 Å². The topological polar surface area (TPSA) is 93.8 Å². The molecular formula is C22H17BrFN3O4. The molecule has 0 spiro atoms. The van der Waals surface area contributed by atoms with E-state index in [2.05, 4.69) is 26.5 Å². The third kappa shape index (κ3) is 6.45. The molecule has 0 radical (unpaired) electrons. The van der Waals surface area contributed by atoms with Crippen LogP contribution in [-0.4, -0.2) is 17.0 Å². The van der Waals surface area contributed by atoms with Crippen molar-refractivity contribution in [3.8, 4) is 5.75 Å². The van der Waals surface area contributed by atoms with Crippen LogP contribution in [0.5, 0.6) is 5.75 Å². The first-order chi connectivity index (χ1) is 14.9. The van der Waals surface area contributed by atoms with E-state index >= 15 is 0 Å². The quantitative estimate of drug-likeness (QED) is 0.282. The number of ether oxygens (including phenoxy) is 1. The summed E-state index contributed by atoms with van der Waals surface area (Å²) in [5.41, 5.74) is 3.95. The van der Waals surface area contributed by atoms with Crippen molar-refractivity contribution in [1.82, 2.24) is 5.43 Å². The first-order valence-electron chi connectivity index (χ1n) is 9.13. The summed E-state index contributed by atoms with van der Waals surface area (Å²) >= 11 is 3.41. The molecule has 9 heteroatoms. The first kappa shape index (κ1) is 22.1. The number of nitrogens with one attached hydrogen (secondary N) is 1. The molecule has 0 heterocycles. The Morgan fingerprint density at radius 1 is 1.16 bits per heavy atom. The standard InChI is InChI=1S/C22H17BrFN3O4/c23-19-11-15(8-9-21(19)31-14-16-4-3-6-18(24)10-16)13-25-26-22(28)12-17-5-1-2-7-20(17)27(29)30/h1-11,13H,12,14H2,(H,26,28). The summed E-state index contributed by atoms with van der Waals surface area (Å²) in [6.07, 6.45) is 1.28. The number of benzene rings is 3. The van der Waals surface area contributed by atoms with E-state index in [0.717, 1.165) is 0 Å². The Balaban J connectivity index is 1.56. The average molecular weight is 486 g/mol. The van der Waals surface area contributed by atoms with Crippen molar-refractivity contribution < 1.29 is 18.8 Å². The van der Waals surface area contributed by atoms with Crippen LogP contribution in [0.25, 0.3) is 0 Å². The van der Waals surface area contributed by atoms with E-state index in [1.807, 2.05) is 0 Å². The Bertz CT molecular complexity index is 1140. The number of nitro groups is 1. The van der Waals surface area contributed by atoms with E-state index < -0.39 is 10.8 Å². The van der Waals surface area contributed by atoms with Gasteiger partial charge < -0.3 is 4.74 Å². The lowest BCUT2D eigenvalue weighted by Gasteiger charge is -2.09. The molecule has 0 aromatic heterocycles. The van der Waals surface area contributed by atoms with Crippen molar-refractivity contribution in [2.75, 3.05) is 0 Å². The van der Waals surface area contributed by atoms with Crippen LogP contribution in [0.2, 0.25) is 0 Å². The van der Waals surface area contributed by atoms with Crippen LogP contribution in [0.3, 0.4) is 0 Å². The van der Waals surface area contributed by atoms with Crippen molar-refractivity contribution >= 4 is 33.7 Å². The third-order valence-corrected chi connectivity index (χ3v) is 4.80. The molecule has 0 atom stereocenters. The Labute approximate surface area is 185 Å². The molecule has 0 aliphatic rings. The minimum absolute atomic E-state index is 0.112. The number of hydrazone groups is 1. The van der Waals surface area contributed by atoms with Gasteiger partial charge in [-0.1, -0.05) is 30.3 Å². The predicted octanol–water partition coefficient (Wildman–Crippen LogP) is 4.77. The molecule has 31 heavy (non-hydrogen) atoms. The zero-order chi connectivity index (χ0) is 22.2. The number of nitrogens with zero attached hydrogens (tertiary/aromatic N) is 2. The number of carbonyl (C=O) groups is 1. The molecular weight excluding hydrogens is 469 g/mol. The molecule has 3 rings (SSSR count). The largest absolute Gasteiger partial charge is 0.488 e. The number of hydrogen-bond donors (Lipinski definition) is 1. The number of carbonyl (C=O) groups excluding carboxylic acids is 1. The van der Waals surface area contributed by atoms with Gasteiger partial charge in [0.05, 0.1) is 22.0 Å². The van der Waals surface area contributed by atoms with Crippen LogP contribution in [0.15, 0.2) is 76.3 Å². The number of para-hydroxylation sites is 1. The summed E-state index contributed by atoms with van der Waals surface area (Å²) in [6, 6.07) is 17.4. The van der Waals surface area contributed by atoms with Crippen molar-refractivity contribution in [3.05, 3.63) is 104 Å². The molecule has 3 aromatic rings. The average Bonchev–Trinajstić information content (AvgIpc) is 2.73. The Hall–Kier alpha value is -3.59. The molecule has 1 N–H and O–H groups in total. The predicted molar refractivity (Wildman–Crippen MR) is 117 cm³/mol. The highest BCUT2D eigenvalue weighted by Crippen LogP contribution is 2.26. The summed E-state index contributed by atoms with van der Waals surface area (Å²) < 4.78 is 19.6. The number of amides is 1. The van der Waals surface area contributed by atoms with E-state index in [4.69, 9.17) is 4.74 Å². The monoisotopic (exact) mass is 485 g/mol. The highest BCUT2D eigenvalue weighted by molar-refractivity contribution is 9.10. The van der Waals surface area contributed by atoms with E-state index in [-0.39, 0.29) is 24.5 Å². The van der Waals surface area contributed by atoms with Crippen LogP contribution in [0, 0.1) is 15.9 Å². The summed E-state index contributed by atoms with van der Waals surface area (Å²) in [5.74, 6) is -0.225. The van der Waals surface area contributed by atoms with Gasteiger partial charge in [0.2, 0.25) is 5.91 Å². The highest BCUT2D eigenvalue weighted by atomic mass is 79.9. The normalized spacial score (nSPS) is 10.8. The van der Waals surface area contributed by atoms with Gasteiger partial charge in [0.25, 0.3) is 5.69 Å². The second-order valence-electron chi connectivity index (χ2n) is 6.46. The Morgan fingerprint density at radius 3 is 2.71 bits per heavy atom. The number of halogens is 2. The van der Waals surface area contributed by atoms with Gasteiger partial charge in [-0.2, -0.15) is 5.10 Å². The Morgan fingerprint density at radius 2 is 1.97 bits per heavy atom. The molecule has 0 saturated heterocycles. The number of nitro benzene ring substituents is 1. The molecule has 0 aliphatic carbocycles. The lowest BCUT2D eigenvalue weighted by Crippen LogP contribution is -2.20. The van der Waals surface area contributed by atoms with Gasteiger partial charge in [0.1, 0.15) is 18.2 Å². The van der Waals surface area contributed by atoms with E-state index in [1.165, 1.54) is 30.5 Å². The smallest absolute Gasteiger partial charge is 0.273 e. The summed E-state index contributed by atoms with van der Waals surface area (Å²) in [5, 5.41) is 14.9. The van der Waals surface area contributed by atoms with Crippen LogP contribution >= 0.6 is 15.9 Å². The molecule has 0 aliphatic heterocycles. The first-order valence-corrected chi connectivity index (χ1v) is 9.92. The van der Waals surface area contributed by atoms with Crippen LogP contribution in [0.1, 0.15) is 16.7 Å². The second kappa shape index (κ2) is 10.4. The molecule has 0 saturated carbocycles. The van der Waals surface area contributed by atoms with Gasteiger partial charge in [-0.05, 0) is 57.4 Å². The SMILES string of the molecule is O=C(Cc1ccccc1[N+](=O)[O-])NN=Cc1ccc(OCc2cccc(F)c2)c(Br)c1. The minimum Gasteiger partial charge on any atom is -0.488 e. The number of hydrogen-bond acceptors (Lipinski definition) is 5. The molecule has 3 aromatic carbocycles. The molecule has 0 unspecified atom stereocenters. The minimum atomic E-state index is -0.526. The van der Waals surface area contributed by atoms with Crippen LogP contribution in [-0.2, 0) is 17.8 Å². The Kier molecular flexibility index (Phi) is 7.45. The van der Waals surface area contributed by atoms with Gasteiger partial charge in [-0.15, -0.1) is 0 Å². The van der Waals surface area contributed by atoms with Gasteiger partial charge in [-0.3, -0.25) is 14.9 Å². The van der Waals surface area contributed by atoms with Crippen LogP contribution < -0.4 is 10.2 Å². The van der Waals surface area contributed by atoms with Gasteiger partial charge in [-0.25, -0.2) is 9.82 Å². The fourth-order valence-electron chi connectivity index (χ4n) is 2.73. The lowest BCUT2D eigenvalue weighted by atomic mass is 10.1. The van der Waals surface area contributed by atoms with Crippen molar-refractivity contribution in [2.45, 2.75) is 13.0 Å². The lowest BCUT2D eigenvalue weighted by molar-refractivity contribution is -0.385. The van der Waals surface area contributed by atoms with Crippen molar-refractivity contribution in [3.63, 3.8) is 0 Å². The summed E-state index contributed by atoms with van der Waals surface area (Å²) in [7, 11) is 0. The summed E-state index contributed by atoms with van der Waals surface area (Å²) in [4.78, 5) is 22.5. The molecule has 1 amide bonds. The van der Waals surface area contributed by atoms with Gasteiger partial charge in [0, 0.05) is 11.6 Å². The fraction of sp³-hybridized carbons (Fsp3) is 0.0909. The number of rotatable bonds is 8. The molecule has 0 fully saturated rings. The van der Waals surface area contributed by atoms with E-state index in [1.54, 1.807) is 42.5 Å². The maximum Gasteiger partial charge on any atom is 0.273 e. The zero-order valence-electron chi connectivity index (χ0n) is 16.1. The van der Waals surface area contributed by atoms with Gasteiger partial charge in [0.15, 0.2) is 0 Å². The van der Waals surface area contributed by atoms with E-state index in [9.17, 15) is 19.3 Å². The van der Waals surface area contributed by atoms with Crippen molar-refractivity contribution in [1.29, 1.82) is 0 Å². The van der Waals surface area contributed by atoms with Crippen molar-refractivity contribution in [2.24, 2.45) is 5.10 Å². The molecule has 158 valence electrons. The van der Waals surface area contributed by atoms with E-state index in [0.29, 0.717) is 26.9 Å². The maximum atomic E-state index is 13.2. The maximum absolute atomic E-state index is 13.2. The summed E-state index contributed by atoms with van der Waals surface area (Å²) in [6.45, 7) is 0.214. The molecule has 0 bridgehead atoms. The fourth-order valence-corrected chi connectivity index (χ4v) is 3.24.